The number of carbonyl (C=O) groups is 1. The van der Waals surface area contributed by atoms with Crippen molar-refractivity contribution in [3.8, 4) is 0 Å². The van der Waals surface area contributed by atoms with Crippen LogP contribution >= 0.6 is 23.1 Å². The average molecular weight is 405 g/mol. The third-order valence-corrected chi connectivity index (χ3v) is 8.08. The average Bonchev–Trinajstić information content (AvgIpc) is 3.37. The van der Waals surface area contributed by atoms with Crippen LogP contribution in [0, 0.1) is 0 Å². The standard InChI is InChI=1S/C19H24N4O2S2/c24-17-16-12-3-1-5-14(12)27-18(16)21-15(20-17)11-23-6-2-4-13(23)19(25)22-7-9-26-10-8-22/h13H,1-11H2,(H,20,21,24). The Morgan fingerprint density at radius 1 is 1.19 bits per heavy atom. The number of rotatable bonds is 3. The molecule has 6 nitrogen and oxygen atoms in total. The molecular weight excluding hydrogens is 380 g/mol. The van der Waals surface area contributed by atoms with E-state index in [0.29, 0.717) is 12.4 Å². The lowest BCUT2D eigenvalue weighted by Crippen LogP contribution is -2.48. The van der Waals surface area contributed by atoms with Crippen LogP contribution in [0.2, 0.25) is 0 Å². The van der Waals surface area contributed by atoms with Gasteiger partial charge in [-0.1, -0.05) is 0 Å². The number of hydrogen-bond donors (Lipinski definition) is 1. The van der Waals surface area contributed by atoms with Crippen molar-refractivity contribution in [2.45, 2.75) is 44.7 Å². The maximum Gasteiger partial charge on any atom is 0.259 e. The molecule has 5 rings (SSSR count). The quantitative estimate of drug-likeness (QED) is 0.848. The van der Waals surface area contributed by atoms with Gasteiger partial charge in [0, 0.05) is 29.5 Å². The van der Waals surface area contributed by atoms with Gasteiger partial charge in [0.2, 0.25) is 5.91 Å². The second-order valence-electron chi connectivity index (χ2n) is 7.62. The summed E-state index contributed by atoms with van der Waals surface area (Å²) in [7, 11) is 0. The van der Waals surface area contributed by atoms with E-state index < -0.39 is 0 Å². The number of likely N-dealkylation sites (tertiary alicyclic amines) is 1. The number of H-pyrrole nitrogens is 1. The van der Waals surface area contributed by atoms with Gasteiger partial charge in [-0.2, -0.15) is 11.8 Å². The van der Waals surface area contributed by atoms with E-state index in [0.717, 1.165) is 73.5 Å². The molecule has 1 N–H and O–H groups in total. The van der Waals surface area contributed by atoms with Crippen LogP contribution in [0.25, 0.3) is 10.2 Å². The van der Waals surface area contributed by atoms with Crippen LogP contribution in [-0.4, -0.2) is 62.9 Å². The van der Waals surface area contributed by atoms with Crippen molar-refractivity contribution in [3.05, 3.63) is 26.6 Å². The fourth-order valence-corrected chi connectivity index (χ4v) is 6.79. The SMILES string of the molecule is O=C(C1CCCN1Cc1nc2sc3c(c2c(=O)[nH]1)CCC3)N1CCSCC1. The zero-order valence-corrected chi connectivity index (χ0v) is 17.0. The third kappa shape index (κ3) is 3.21. The zero-order valence-electron chi connectivity index (χ0n) is 15.3. The molecule has 144 valence electrons. The van der Waals surface area contributed by atoms with Gasteiger partial charge in [0.25, 0.3) is 5.56 Å². The van der Waals surface area contributed by atoms with E-state index in [4.69, 9.17) is 4.98 Å². The first-order valence-corrected chi connectivity index (χ1v) is 11.8. The van der Waals surface area contributed by atoms with Gasteiger partial charge in [-0.15, -0.1) is 11.3 Å². The zero-order chi connectivity index (χ0) is 18.4. The number of hydrogen-bond acceptors (Lipinski definition) is 6. The number of fused-ring (bicyclic) bond motifs is 3. The minimum Gasteiger partial charge on any atom is -0.340 e. The molecule has 8 heteroatoms. The van der Waals surface area contributed by atoms with E-state index in [1.54, 1.807) is 11.3 Å². The van der Waals surface area contributed by atoms with Crippen LogP contribution < -0.4 is 5.56 Å². The number of amides is 1. The van der Waals surface area contributed by atoms with Gasteiger partial charge in [-0.25, -0.2) is 4.98 Å². The van der Waals surface area contributed by atoms with Crippen molar-refractivity contribution in [2.75, 3.05) is 31.1 Å². The highest BCUT2D eigenvalue weighted by atomic mass is 32.2. The largest absolute Gasteiger partial charge is 0.340 e. The van der Waals surface area contributed by atoms with Crippen molar-refractivity contribution in [3.63, 3.8) is 0 Å². The lowest BCUT2D eigenvalue weighted by Gasteiger charge is -2.32. The molecule has 2 aromatic heterocycles. The van der Waals surface area contributed by atoms with Gasteiger partial charge in [-0.3, -0.25) is 14.5 Å². The van der Waals surface area contributed by atoms with E-state index in [1.165, 1.54) is 10.4 Å². The van der Waals surface area contributed by atoms with Crippen molar-refractivity contribution < 1.29 is 4.79 Å². The molecule has 27 heavy (non-hydrogen) atoms. The molecule has 0 saturated carbocycles. The number of nitrogens with one attached hydrogen (secondary N) is 1. The minimum atomic E-state index is -0.0672. The summed E-state index contributed by atoms with van der Waals surface area (Å²) < 4.78 is 0. The second-order valence-corrected chi connectivity index (χ2v) is 9.92. The number of thiophene rings is 1. The predicted octanol–water partition coefficient (Wildman–Crippen LogP) is 2.01. The summed E-state index contributed by atoms with van der Waals surface area (Å²) in [5.74, 6) is 3.02. The lowest BCUT2D eigenvalue weighted by atomic mass is 10.2. The maximum atomic E-state index is 13.0. The van der Waals surface area contributed by atoms with E-state index in [1.807, 2.05) is 16.7 Å². The van der Waals surface area contributed by atoms with Gasteiger partial charge < -0.3 is 9.88 Å². The number of thioether (sulfide) groups is 1. The van der Waals surface area contributed by atoms with Crippen LogP contribution in [0.5, 0.6) is 0 Å². The molecule has 1 aliphatic carbocycles. The molecule has 0 bridgehead atoms. The minimum absolute atomic E-state index is 0.00970. The second kappa shape index (κ2) is 7.22. The smallest absolute Gasteiger partial charge is 0.259 e. The van der Waals surface area contributed by atoms with Crippen LogP contribution in [0.3, 0.4) is 0 Å². The van der Waals surface area contributed by atoms with E-state index in [2.05, 4.69) is 9.88 Å². The highest BCUT2D eigenvalue weighted by molar-refractivity contribution is 7.99. The Bertz CT molecular complexity index is 932. The van der Waals surface area contributed by atoms with Crippen LogP contribution in [0.15, 0.2) is 4.79 Å². The summed E-state index contributed by atoms with van der Waals surface area (Å²) in [6, 6.07) is -0.0672. The molecule has 4 heterocycles. The Balaban J connectivity index is 1.37. The fourth-order valence-electron chi connectivity index (χ4n) is 4.60. The van der Waals surface area contributed by atoms with E-state index in [9.17, 15) is 9.59 Å². The summed E-state index contributed by atoms with van der Waals surface area (Å²) in [5.41, 5.74) is 1.21. The Kier molecular flexibility index (Phi) is 4.73. The maximum absolute atomic E-state index is 13.0. The molecular formula is C19H24N4O2S2. The summed E-state index contributed by atoms with van der Waals surface area (Å²) >= 11 is 3.59. The van der Waals surface area contributed by atoms with Gasteiger partial charge in [0.15, 0.2) is 0 Å². The first-order chi connectivity index (χ1) is 13.2. The summed E-state index contributed by atoms with van der Waals surface area (Å²) in [6.45, 7) is 3.15. The van der Waals surface area contributed by atoms with Gasteiger partial charge in [-0.05, 0) is 44.2 Å². The molecule has 2 saturated heterocycles. The molecule has 3 aliphatic rings. The number of aromatic nitrogens is 2. The topological polar surface area (TPSA) is 69.3 Å². The van der Waals surface area contributed by atoms with E-state index in [-0.39, 0.29) is 17.5 Å². The summed E-state index contributed by atoms with van der Waals surface area (Å²) in [5, 5.41) is 0.802. The number of carbonyl (C=O) groups excluding carboxylic acids is 1. The monoisotopic (exact) mass is 404 g/mol. The van der Waals surface area contributed by atoms with Crippen molar-refractivity contribution >= 4 is 39.2 Å². The Labute approximate surface area is 166 Å². The van der Waals surface area contributed by atoms with Crippen LogP contribution in [0.1, 0.15) is 35.5 Å². The van der Waals surface area contributed by atoms with E-state index >= 15 is 0 Å². The Morgan fingerprint density at radius 3 is 2.89 bits per heavy atom. The summed E-state index contributed by atoms with van der Waals surface area (Å²) in [6.07, 6.45) is 5.14. The molecule has 1 unspecified atom stereocenters. The van der Waals surface area contributed by atoms with Crippen LogP contribution in [0.4, 0.5) is 0 Å². The summed E-state index contributed by atoms with van der Waals surface area (Å²) in [4.78, 5) is 39.8. The number of nitrogens with zero attached hydrogens (tertiary/aromatic N) is 3. The number of aromatic amines is 1. The molecule has 2 fully saturated rings. The molecule has 0 radical (unpaired) electrons. The van der Waals surface area contributed by atoms with Crippen molar-refractivity contribution in [1.82, 2.24) is 19.8 Å². The van der Waals surface area contributed by atoms with Gasteiger partial charge >= 0.3 is 0 Å². The molecule has 1 atom stereocenters. The molecule has 2 aliphatic heterocycles. The predicted molar refractivity (Wildman–Crippen MR) is 110 cm³/mol. The first-order valence-electron chi connectivity index (χ1n) is 9.85. The highest BCUT2D eigenvalue weighted by Gasteiger charge is 2.34. The Hall–Kier alpha value is -1.38. The molecule has 0 aromatic carbocycles. The third-order valence-electron chi connectivity index (χ3n) is 5.95. The normalized spacial score (nSPS) is 23.3. The first kappa shape index (κ1) is 17.7. The fraction of sp³-hybridized carbons (Fsp3) is 0.632. The lowest BCUT2D eigenvalue weighted by molar-refractivity contribution is -0.135. The van der Waals surface area contributed by atoms with Crippen molar-refractivity contribution in [2.24, 2.45) is 0 Å². The van der Waals surface area contributed by atoms with Crippen molar-refractivity contribution in [1.29, 1.82) is 0 Å². The number of aryl methyl sites for hydroxylation is 2. The van der Waals surface area contributed by atoms with Gasteiger partial charge in [0.05, 0.1) is 18.0 Å². The Morgan fingerprint density at radius 2 is 2.04 bits per heavy atom. The molecule has 1 amide bonds. The highest BCUT2D eigenvalue weighted by Crippen LogP contribution is 2.34. The molecule has 2 aromatic rings. The van der Waals surface area contributed by atoms with Crippen LogP contribution in [-0.2, 0) is 24.2 Å². The molecule has 0 spiro atoms. The van der Waals surface area contributed by atoms with Gasteiger partial charge in [0.1, 0.15) is 10.7 Å².